The van der Waals surface area contributed by atoms with Crippen LogP contribution in [0.15, 0.2) is 63.6 Å². The second kappa shape index (κ2) is 8.75. The maximum Gasteiger partial charge on any atom is 0.417 e. The van der Waals surface area contributed by atoms with Crippen molar-refractivity contribution in [2.75, 3.05) is 11.9 Å². The molecule has 3 heterocycles. The Labute approximate surface area is 188 Å². The molecule has 4 aromatic rings. The van der Waals surface area contributed by atoms with Crippen LogP contribution < -0.4 is 10.9 Å². The lowest BCUT2D eigenvalue weighted by Crippen LogP contribution is -2.23. The summed E-state index contributed by atoms with van der Waals surface area (Å²) in [5.74, 6) is 0.560. The van der Waals surface area contributed by atoms with E-state index in [1.807, 2.05) is 31.2 Å². The van der Waals surface area contributed by atoms with Crippen LogP contribution in [-0.2, 0) is 6.18 Å². The quantitative estimate of drug-likeness (QED) is 0.411. The van der Waals surface area contributed by atoms with Crippen LogP contribution in [0.3, 0.4) is 0 Å². The van der Waals surface area contributed by atoms with Crippen molar-refractivity contribution < 1.29 is 13.2 Å². The van der Waals surface area contributed by atoms with Gasteiger partial charge in [-0.1, -0.05) is 23.7 Å². The van der Waals surface area contributed by atoms with E-state index in [0.717, 1.165) is 34.0 Å². The fourth-order valence-corrected chi connectivity index (χ4v) is 3.83. The topological polar surface area (TPSA) is 85.6 Å². The lowest BCUT2D eigenvalue weighted by atomic mass is 10.2. The van der Waals surface area contributed by atoms with E-state index in [1.165, 1.54) is 6.20 Å². The molecule has 0 unspecified atom stereocenters. The van der Waals surface area contributed by atoms with Gasteiger partial charge in [0.05, 0.1) is 22.2 Å². The third-order valence-electron chi connectivity index (χ3n) is 4.31. The van der Waals surface area contributed by atoms with Crippen molar-refractivity contribution in [1.82, 2.24) is 24.7 Å². The van der Waals surface area contributed by atoms with Crippen molar-refractivity contribution in [3.63, 3.8) is 0 Å². The number of hydrogen-bond donors (Lipinski definition) is 1. The number of hydrogen-bond acceptors (Lipinski definition) is 7. The first-order valence-corrected chi connectivity index (χ1v) is 10.5. The molecular formula is C20H14ClF3N6OS. The molecule has 0 spiro atoms. The first-order valence-electron chi connectivity index (χ1n) is 9.28. The number of rotatable bonds is 5. The summed E-state index contributed by atoms with van der Waals surface area (Å²) < 4.78 is 39.0. The van der Waals surface area contributed by atoms with Crippen LogP contribution in [0, 0.1) is 0 Å². The number of benzene rings is 1. The van der Waals surface area contributed by atoms with E-state index < -0.39 is 17.3 Å². The van der Waals surface area contributed by atoms with E-state index in [4.69, 9.17) is 11.6 Å². The van der Waals surface area contributed by atoms with Gasteiger partial charge in [-0.15, -0.1) is 0 Å². The van der Waals surface area contributed by atoms with Gasteiger partial charge in [-0.05, 0) is 43.0 Å². The summed E-state index contributed by atoms with van der Waals surface area (Å²) >= 11 is 7.30. The van der Waals surface area contributed by atoms with Gasteiger partial charge in [-0.25, -0.2) is 15.0 Å². The van der Waals surface area contributed by atoms with E-state index in [-0.39, 0.29) is 10.8 Å². The van der Waals surface area contributed by atoms with E-state index in [1.54, 1.807) is 0 Å². The number of alkyl halides is 3. The van der Waals surface area contributed by atoms with Gasteiger partial charge in [0.25, 0.3) is 5.56 Å². The highest BCUT2D eigenvalue weighted by Gasteiger charge is 2.30. The molecule has 0 atom stereocenters. The maximum atomic E-state index is 12.7. The van der Waals surface area contributed by atoms with Gasteiger partial charge in [-0.3, -0.25) is 4.79 Å². The van der Waals surface area contributed by atoms with Crippen molar-refractivity contribution in [3.05, 3.63) is 69.7 Å². The highest BCUT2D eigenvalue weighted by atomic mass is 35.5. The van der Waals surface area contributed by atoms with Crippen LogP contribution >= 0.6 is 23.4 Å². The SMILES string of the molecule is CCNc1nc(Sc2cnn(-c3ccc(C(F)(F)F)cn3)c(=O)c2Cl)nc2ccccc12. The van der Waals surface area contributed by atoms with E-state index >= 15 is 0 Å². The predicted molar refractivity (Wildman–Crippen MR) is 115 cm³/mol. The average molecular weight is 479 g/mol. The molecule has 0 saturated heterocycles. The van der Waals surface area contributed by atoms with Gasteiger partial charge < -0.3 is 5.32 Å². The molecule has 32 heavy (non-hydrogen) atoms. The fourth-order valence-electron chi connectivity index (χ4n) is 2.83. The number of nitrogens with one attached hydrogen (secondary N) is 1. The summed E-state index contributed by atoms with van der Waals surface area (Å²) in [6.45, 7) is 2.60. The Bertz CT molecular complexity index is 1340. The normalized spacial score (nSPS) is 11.7. The minimum Gasteiger partial charge on any atom is -0.370 e. The molecule has 164 valence electrons. The van der Waals surface area contributed by atoms with Crippen molar-refractivity contribution in [2.24, 2.45) is 0 Å². The largest absolute Gasteiger partial charge is 0.417 e. The molecule has 12 heteroatoms. The minimum absolute atomic E-state index is 0.0853. The van der Waals surface area contributed by atoms with Crippen LogP contribution in [0.25, 0.3) is 16.7 Å². The van der Waals surface area contributed by atoms with E-state index in [9.17, 15) is 18.0 Å². The Hall–Kier alpha value is -3.18. The van der Waals surface area contributed by atoms with Gasteiger partial charge in [0.15, 0.2) is 11.0 Å². The standard InChI is InChI=1S/C20H14ClF3N6OS/c1-2-25-17-12-5-3-4-6-13(12)28-19(29-17)32-14-10-27-30(18(31)16(14)21)15-8-7-11(9-26-15)20(22,23)24/h3-10H,2H2,1H3,(H,25,28,29). The molecule has 0 saturated carbocycles. The molecule has 7 nitrogen and oxygen atoms in total. The fraction of sp³-hybridized carbons (Fsp3) is 0.150. The van der Waals surface area contributed by atoms with Gasteiger partial charge in [0.2, 0.25) is 0 Å². The number of anilines is 1. The minimum atomic E-state index is -4.53. The molecule has 0 fully saturated rings. The number of aromatic nitrogens is 5. The molecular weight excluding hydrogens is 465 g/mol. The monoisotopic (exact) mass is 478 g/mol. The number of nitrogens with zero attached hydrogens (tertiary/aromatic N) is 5. The van der Waals surface area contributed by atoms with E-state index in [2.05, 4.69) is 25.4 Å². The second-order valence-corrected chi connectivity index (χ2v) is 7.83. The molecule has 0 aliphatic carbocycles. The average Bonchev–Trinajstić information content (AvgIpc) is 2.77. The molecule has 0 bridgehead atoms. The Kier molecular flexibility index (Phi) is 6.02. The van der Waals surface area contributed by atoms with Crippen LogP contribution in [0.2, 0.25) is 5.02 Å². The van der Waals surface area contributed by atoms with Gasteiger partial charge in [-0.2, -0.15) is 23.0 Å². The zero-order valence-electron chi connectivity index (χ0n) is 16.4. The summed E-state index contributed by atoms with van der Waals surface area (Å²) in [7, 11) is 0. The molecule has 0 radical (unpaired) electrons. The number of halogens is 4. The molecule has 0 aliphatic rings. The molecule has 1 N–H and O–H groups in total. The second-order valence-electron chi connectivity index (χ2n) is 6.45. The van der Waals surface area contributed by atoms with Crippen molar-refractivity contribution >= 4 is 40.1 Å². The first kappa shape index (κ1) is 22.0. The Morgan fingerprint density at radius 3 is 2.59 bits per heavy atom. The summed E-state index contributed by atoms with van der Waals surface area (Å²) in [6, 6.07) is 9.35. The summed E-state index contributed by atoms with van der Waals surface area (Å²) in [5.41, 5.74) is -0.943. The summed E-state index contributed by atoms with van der Waals surface area (Å²) in [6.07, 6.45) is -2.59. The van der Waals surface area contributed by atoms with Crippen LogP contribution in [0.5, 0.6) is 0 Å². The Balaban J connectivity index is 1.68. The lowest BCUT2D eigenvalue weighted by molar-refractivity contribution is -0.137. The van der Waals surface area contributed by atoms with Gasteiger partial charge in [0.1, 0.15) is 10.8 Å². The number of fused-ring (bicyclic) bond motifs is 1. The zero-order valence-corrected chi connectivity index (χ0v) is 18.0. The molecule has 3 aromatic heterocycles. The molecule has 0 aliphatic heterocycles. The summed E-state index contributed by atoms with van der Waals surface area (Å²) in [4.78, 5) is 25.7. The lowest BCUT2D eigenvalue weighted by Gasteiger charge is -2.11. The van der Waals surface area contributed by atoms with Crippen LogP contribution in [-0.4, -0.2) is 31.3 Å². The van der Waals surface area contributed by atoms with Gasteiger partial charge in [0, 0.05) is 18.1 Å². The van der Waals surface area contributed by atoms with Crippen LogP contribution in [0.4, 0.5) is 19.0 Å². The number of para-hydroxylation sites is 1. The van der Waals surface area contributed by atoms with Crippen LogP contribution in [0.1, 0.15) is 12.5 Å². The Morgan fingerprint density at radius 1 is 1.12 bits per heavy atom. The molecule has 1 aromatic carbocycles. The van der Waals surface area contributed by atoms with Crippen molar-refractivity contribution in [1.29, 1.82) is 0 Å². The molecule has 0 amide bonds. The van der Waals surface area contributed by atoms with Gasteiger partial charge >= 0.3 is 6.18 Å². The third kappa shape index (κ3) is 4.39. The maximum absolute atomic E-state index is 12.7. The third-order valence-corrected chi connectivity index (χ3v) is 5.68. The van der Waals surface area contributed by atoms with Crippen molar-refractivity contribution in [3.8, 4) is 5.82 Å². The van der Waals surface area contributed by atoms with Crippen molar-refractivity contribution in [2.45, 2.75) is 23.2 Å². The highest BCUT2D eigenvalue weighted by molar-refractivity contribution is 7.99. The highest BCUT2D eigenvalue weighted by Crippen LogP contribution is 2.32. The predicted octanol–water partition coefficient (Wildman–Crippen LogP) is 4.83. The van der Waals surface area contributed by atoms with E-state index in [0.29, 0.717) is 34.1 Å². The summed E-state index contributed by atoms with van der Waals surface area (Å²) in [5, 5.41) is 8.22. The zero-order chi connectivity index (χ0) is 22.9. The Morgan fingerprint density at radius 2 is 1.91 bits per heavy atom. The smallest absolute Gasteiger partial charge is 0.370 e. The molecule has 4 rings (SSSR count). The first-order chi connectivity index (χ1) is 15.3. The number of pyridine rings is 1.